The average molecular weight is 470 g/mol. The Morgan fingerprint density at radius 3 is 2.36 bits per heavy atom. The van der Waals surface area contributed by atoms with Crippen LogP contribution in [0.3, 0.4) is 0 Å². The quantitative estimate of drug-likeness (QED) is 0.325. The molecular formula is C20H24BrNO5S. The zero-order valence-electron chi connectivity index (χ0n) is 16.4. The Bertz CT molecular complexity index is 773. The van der Waals surface area contributed by atoms with Gasteiger partial charge in [0, 0.05) is 6.54 Å². The van der Waals surface area contributed by atoms with Crippen molar-refractivity contribution in [1.29, 1.82) is 0 Å². The van der Waals surface area contributed by atoms with Crippen molar-refractivity contribution in [3.8, 4) is 5.75 Å². The summed E-state index contributed by atoms with van der Waals surface area (Å²) in [6, 6.07) is 7.35. The first kappa shape index (κ1) is 22.4. The molecule has 1 aliphatic rings. The molecule has 0 bridgehead atoms. The predicted molar refractivity (Wildman–Crippen MR) is 113 cm³/mol. The second-order valence-corrected chi connectivity index (χ2v) is 8.75. The fraction of sp³-hybridized carbons (Fsp3) is 0.400. The number of carbonyl (C=O) groups is 2. The van der Waals surface area contributed by atoms with E-state index in [-0.39, 0.29) is 16.8 Å². The van der Waals surface area contributed by atoms with E-state index < -0.39 is 11.9 Å². The van der Waals surface area contributed by atoms with Crippen LogP contribution in [0.4, 0.5) is 0 Å². The van der Waals surface area contributed by atoms with Gasteiger partial charge in [-0.15, -0.1) is 0 Å². The lowest BCUT2D eigenvalue weighted by atomic mass is 10.1. The van der Waals surface area contributed by atoms with Crippen LogP contribution in [-0.4, -0.2) is 47.8 Å². The minimum atomic E-state index is -0.475. The van der Waals surface area contributed by atoms with E-state index in [0.717, 1.165) is 16.9 Å². The van der Waals surface area contributed by atoms with Gasteiger partial charge >= 0.3 is 11.9 Å². The number of halogens is 1. The summed E-state index contributed by atoms with van der Waals surface area (Å²) in [6.07, 6.45) is 0. The highest BCUT2D eigenvalue weighted by molar-refractivity contribution is 9.09. The molecule has 0 aromatic heterocycles. The van der Waals surface area contributed by atoms with Gasteiger partial charge in [0.25, 0.3) is 0 Å². The van der Waals surface area contributed by atoms with E-state index in [2.05, 4.69) is 22.5 Å². The molecule has 1 aromatic carbocycles. The largest absolute Gasteiger partial charge is 0.497 e. The number of likely N-dealkylation sites (tertiary alicyclic amines) is 1. The van der Waals surface area contributed by atoms with Crippen LogP contribution in [0.25, 0.3) is 0 Å². The molecule has 6 nitrogen and oxygen atoms in total. The first-order valence-corrected chi connectivity index (χ1v) is 10.4. The highest BCUT2D eigenvalue weighted by Crippen LogP contribution is 2.40. The van der Waals surface area contributed by atoms with Crippen LogP contribution in [0.2, 0.25) is 0 Å². The van der Waals surface area contributed by atoms with E-state index in [1.54, 1.807) is 7.11 Å². The molecule has 0 N–H and O–H groups in total. The predicted octanol–water partition coefficient (Wildman–Crippen LogP) is 3.86. The van der Waals surface area contributed by atoms with E-state index in [1.165, 1.54) is 18.9 Å². The Morgan fingerprint density at radius 2 is 1.86 bits per heavy atom. The molecule has 28 heavy (non-hydrogen) atoms. The summed E-state index contributed by atoms with van der Waals surface area (Å²) in [7, 11) is 2.92. The number of esters is 2. The van der Waals surface area contributed by atoms with E-state index >= 15 is 0 Å². The molecule has 0 radical (unpaired) electrons. The normalized spacial score (nSPS) is 18.0. The SMILES string of the molecule is C=C(S[C@@H]1[C@@H](Br)CN1C(C(=O)OCc1ccc(OC)cc1)=C(C)C)C(=O)OC. The Balaban J connectivity index is 2.05. The topological polar surface area (TPSA) is 65.1 Å². The van der Waals surface area contributed by atoms with Crippen molar-refractivity contribution < 1.29 is 23.8 Å². The molecule has 0 aliphatic carbocycles. The van der Waals surface area contributed by atoms with Crippen molar-refractivity contribution >= 4 is 39.6 Å². The number of allylic oxidation sites excluding steroid dienone is 1. The molecule has 2 atom stereocenters. The number of hydrogen-bond donors (Lipinski definition) is 0. The minimum absolute atomic E-state index is 0.114. The third-order valence-electron chi connectivity index (χ3n) is 4.15. The van der Waals surface area contributed by atoms with Crippen LogP contribution in [0.5, 0.6) is 5.75 Å². The van der Waals surface area contributed by atoms with Gasteiger partial charge in [-0.1, -0.05) is 46.4 Å². The molecule has 2 rings (SSSR count). The maximum atomic E-state index is 12.8. The van der Waals surface area contributed by atoms with Gasteiger partial charge in [0.05, 0.1) is 29.3 Å². The molecule has 152 valence electrons. The fourth-order valence-corrected chi connectivity index (χ4v) is 4.60. The second-order valence-electron chi connectivity index (χ2n) is 6.36. The van der Waals surface area contributed by atoms with Crippen LogP contribution < -0.4 is 4.74 Å². The molecule has 0 saturated carbocycles. The molecule has 1 aromatic rings. The number of carbonyl (C=O) groups excluding carboxylic acids is 2. The zero-order chi connectivity index (χ0) is 20.8. The standard InChI is InChI=1S/C20H24BrNO5S/c1-12(2)17(20(24)27-11-14-6-8-15(25-4)9-7-14)22-10-16(21)18(22)28-13(3)19(23)26-5/h6-9,16,18H,3,10-11H2,1-2,4-5H3/t16-,18+/m0/s1. The molecule has 0 amide bonds. The molecule has 8 heteroatoms. The lowest BCUT2D eigenvalue weighted by Gasteiger charge is -2.47. The molecular weight excluding hydrogens is 446 g/mol. The average Bonchev–Trinajstić information content (AvgIpc) is 2.69. The number of alkyl halides is 1. The number of nitrogens with zero attached hydrogens (tertiary/aromatic N) is 1. The van der Waals surface area contributed by atoms with Crippen molar-refractivity contribution in [2.24, 2.45) is 0 Å². The van der Waals surface area contributed by atoms with Gasteiger partial charge in [-0.25, -0.2) is 9.59 Å². The number of benzene rings is 1. The number of rotatable bonds is 8. The molecule has 1 aliphatic heterocycles. The summed E-state index contributed by atoms with van der Waals surface area (Å²) in [4.78, 5) is 26.7. The van der Waals surface area contributed by atoms with Crippen molar-refractivity contribution in [3.05, 3.63) is 52.6 Å². The second kappa shape index (κ2) is 10.0. The van der Waals surface area contributed by atoms with E-state index in [0.29, 0.717) is 17.1 Å². The van der Waals surface area contributed by atoms with Gasteiger partial charge in [0.1, 0.15) is 18.1 Å². The third kappa shape index (κ3) is 5.32. The van der Waals surface area contributed by atoms with Crippen LogP contribution in [0.15, 0.2) is 47.0 Å². The highest BCUT2D eigenvalue weighted by atomic mass is 79.9. The molecule has 1 saturated heterocycles. The minimum Gasteiger partial charge on any atom is -0.497 e. The van der Waals surface area contributed by atoms with Crippen LogP contribution in [0.1, 0.15) is 19.4 Å². The lowest BCUT2D eigenvalue weighted by Crippen LogP contribution is -2.56. The van der Waals surface area contributed by atoms with E-state index in [4.69, 9.17) is 14.2 Å². The monoisotopic (exact) mass is 469 g/mol. The Morgan fingerprint density at radius 1 is 1.21 bits per heavy atom. The Hall–Kier alpha value is -1.93. The summed E-state index contributed by atoms with van der Waals surface area (Å²) in [5, 5.41) is -0.148. The van der Waals surface area contributed by atoms with Crippen LogP contribution in [0, 0.1) is 0 Å². The van der Waals surface area contributed by atoms with Crippen molar-refractivity contribution in [2.45, 2.75) is 30.7 Å². The summed E-state index contributed by atoms with van der Waals surface area (Å²) < 4.78 is 15.4. The number of methoxy groups -OCH3 is 2. The van der Waals surface area contributed by atoms with Crippen LogP contribution in [-0.2, 0) is 25.7 Å². The Kier molecular flexibility index (Phi) is 8.00. The van der Waals surface area contributed by atoms with Gasteiger partial charge in [0.2, 0.25) is 0 Å². The van der Waals surface area contributed by atoms with Crippen molar-refractivity contribution in [3.63, 3.8) is 0 Å². The van der Waals surface area contributed by atoms with Crippen LogP contribution >= 0.6 is 27.7 Å². The van der Waals surface area contributed by atoms with Crippen molar-refractivity contribution in [1.82, 2.24) is 4.90 Å². The Labute approximate surface area is 178 Å². The van der Waals surface area contributed by atoms with Gasteiger partial charge in [-0.2, -0.15) is 0 Å². The number of thioether (sulfide) groups is 1. The summed E-state index contributed by atoms with van der Waals surface area (Å²) in [5.41, 5.74) is 2.21. The van der Waals surface area contributed by atoms with Gasteiger partial charge in [-0.05, 0) is 37.1 Å². The molecule has 0 spiro atoms. The summed E-state index contributed by atoms with van der Waals surface area (Å²) in [6.45, 7) is 8.27. The molecule has 1 heterocycles. The van der Waals surface area contributed by atoms with E-state index in [1.807, 2.05) is 43.0 Å². The third-order valence-corrected chi connectivity index (χ3v) is 6.56. The van der Waals surface area contributed by atoms with Crippen molar-refractivity contribution in [2.75, 3.05) is 20.8 Å². The highest BCUT2D eigenvalue weighted by Gasteiger charge is 2.42. The summed E-state index contributed by atoms with van der Waals surface area (Å²) >= 11 is 4.85. The van der Waals surface area contributed by atoms with Gasteiger partial charge in [-0.3, -0.25) is 0 Å². The fourth-order valence-electron chi connectivity index (χ4n) is 2.65. The lowest BCUT2D eigenvalue weighted by molar-refractivity contribution is -0.143. The molecule has 0 unspecified atom stereocenters. The summed E-state index contributed by atoms with van der Waals surface area (Å²) in [5.74, 6) is -0.128. The smallest absolute Gasteiger partial charge is 0.354 e. The first-order valence-electron chi connectivity index (χ1n) is 8.60. The maximum absolute atomic E-state index is 12.8. The zero-order valence-corrected chi connectivity index (χ0v) is 18.8. The maximum Gasteiger partial charge on any atom is 0.354 e. The van der Waals surface area contributed by atoms with Gasteiger partial charge < -0.3 is 19.1 Å². The number of hydrogen-bond acceptors (Lipinski definition) is 7. The van der Waals surface area contributed by atoms with E-state index in [9.17, 15) is 9.59 Å². The first-order chi connectivity index (χ1) is 13.3. The molecule has 1 fully saturated rings. The number of ether oxygens (including phenoxy) is 3. The van der Waals surface area contributed by atoms with Gasteiger partial charge in [0.15, 0.2) is 0 Å².